The molecule has 2 heterocycles. The Labute approximate surface area is 343 Å². The molecular formula is C54H48BN3. The van der Waals surface area contributed by atoms with Gasteiger partial charge in [0.1, 0.15) is 0 Å². The molecule has 2 aliphatic rings. The lowest BCUT2D eigenvalue weighted by atomic mass is 9.32. The van der Waals surface area contributed by atoms with E-state index in [9.17, 15) is 0 Å². The quantitative estimate of drug-likeness (QED) is 0.162. The molecule has 58 heavy (non-hydrogen) atoms. The zero-order chi connectivity index (χ0) is 39.8. The highest BCUT2D eigenvalue weighted by atomic mass is 15.2. The van der Waals surface area contributed by atoms with Crippen LogP contribution in [0.1, 0.15) is 52.7 Å². The second-order valence-corrected chi connectivity index (χ2v) is 17.8. The zero-order valence-corrected chi connectivity index (χ0v) is 34.2. The SMILES string of the molecule is CC(C)(C)c1ccccc1N1c2cccc3c2B(c2cccc(C(C)(C)C)c21)c1c(cc(N(c2ccccc2)c2ccccc2)c2ccccc12)N3c1ccccc1. The Balaban J connectivity index is 1.36. The first kappa shape index (κ1) is 35.9. The molecule has 3 nitrogen and oxygen atoms in total. The van der Waals surface area contributed by atoms with E-state index >= 15 is 0 Å². The molecule has 0 radical (unpaired) electrons. The summed E-state index contributed by atoms with van der Waals surface area (Å²) in [5.41, 5.74) is 17.2. The van der Waals surface area contributed by atoms with E-state index in [2.05, 4.69) is 238 Å². The summed E-state index contributed by atoms with van der Waals surface area (Å²) in [6, 6.07) is 67.2. The van der Waals surface area contributed by atoms with Gasteiger partial charge in [-0.25, -0.2) is 0 Å². The summed E-state index contributed by atoms with van der Waals surface area (Å²) >= 11 is 0. The summed E-state index contributed by atoms with van der Waals surface area (Å²) in [5.74, 6) is 0. The summed E-state index contributed by atoms with van der Waals surface area (Å²) in [6.07, 6.45) is 0. The molecule has 0 fully saturated rings. The molecule has 0 unspecified atom stereocenters. The summed E-state index contributed by atoms with van der Waals surface area (Å²) in [6.45, 7) is 14.1. The van der Waals surface area contributed by atoms with Crippen LogP contribution in [-0.2, 0) is 10.8 Å². The van der Waals surface area contributed by atoms with Crippen LogP contribution in [0.5, 0.6) is 0 Å². The number of fused-ring (bicyclic) bond motifs is 6. The van der Waals surface area contributed by atoms with Gasteiger partial charge in [0.2, 0.25) is 0 Å². The largest absolute Gasteiger partial charge is 0.311 e. The normalized spacial score (nSPS) is 13.2. The highest BCUT2D eigenvalue weighted by molar-refractivity contribution is 7.01. The minimum absolute atomic E-state index is 0.0163. The fraction of sp³-hybridized carbons (Fsp3) is 0.148. The first-order valence-electron chi connectivity index (χ1n) is 20.6. The number of anilines is 9. The van der Waals surface area contributed by atoms with Gasteiger partial charge in [-0.15, -0.1) is 0 Å². The average Bonchev–Trinajstić information content (AvgIpc) is 3.24. The lowest BCUT2D eigenvalue weighted by molar-refractivity contribution is 0.587. The van der Waals surface area contributed by atoms with Crippen molar-refractivity contribution in [3.63, 3.8) is 0 Å². The number of nitrogens with zero attached hydrogens (tertiary/aromatic N) is 3. The second-order valence-electron chi connectivity index (χ2n) is 17.8. The monoisotopic (exact) mass is 749 g/mol. The van der Waals surface area contributed by atoms with Crippen LogP contribution in [0.3, 0.4) is 0 Å². The van der Waals surface area contributed by atoms with Crippen molar-refractivity contribution in [3.8, 4) is 0 Å². The topological polar surface area (TPSA) is 9.72 Å². The Kier molecular flexibility index (Phi) is 8.39. The van der Waals surface area contributed by atoms with Gasteiger partial charge in [0.25, 0.3) is 6.71 Å². The fourth-order valence-corrected chi connectivity index (χ4v) is 9.61. The van der Waals surface area contributed by atoms with Gasteiger partial charge in [-0.05, 0) is 104 Å². The van der Waals surface area contributed by atoms with Crippen molar-refractivity contribution < 1.29 is 0 Å². The van der Waals surface area contributed by atoms with Gasteiger partial charge in [-0.3, -0.25) is 0 Å². The van der Waals surface area contributed by atoms with E-state index in [4.69, 9.17) is 0 Å². The number of hydrogen-bond donors (Lipinski definition) is 0. The molecule has 0 bridgehead atoms. The summed E-state index contributed by atoms with van der Waals surface area (Å²) in [4.78, 5) is 7.57. The van der Waals surface area contributed by atoms with Crippen LogP contribution >= 0.6 is 0 Å². The van der Waals surface area contributed by atoms with Crippen LogP contribution in [0, 0.1) is 0 Å². The Bertz CT molecular complexity index is 2780. The van der Waals surface area contributed by atoms with Crippen molar-refractivity contribution in [1.82, 2.24) is 0 Å². The van der Waals surface area contributed by atoms with E-state index in [-0.39, 0.29) is 17.5 Å². The average molecular weight is 750 g/mol. The molecule has 0 N–H and O–H groups in total. The van der Waals surface area contributed by atoms with Gasteiger partial charge in [0, 0.05) is 50.9 Å². The smallest absolute Gasteiger partial charge is 0.252 e. The molecule has 4 heteroatoms. The molecule has 0 spiro atoms. The molecule has 282 valence electrons. The van der Waals surface area contributed by atoms with Crippen molar-refractivity contribution >= 4 is 85.1 Å². The number of benzene rings is 8. The third kappa shape index (κ3) is 5.65. The van der Waals surface area contributed by atoms with Gasteiger partial charge in [-0.1, -0.05) is 163 Å². The van der Waals surface area contributed by atoms with E-state index < -0.39 is 0 Å². The van der Waals surface area contributed by atoms with Crippen molar-refractivity contribution in [2.24, 2.45) is 0 Å². The van der Waals surface area contributed by atoms with Crippen LogP contribution < -0.4 is 31.1 Å². The minimum atomic E-state index is -0.110. The maximum atomic E-state index is 2.61. The molecule has 0 amide bonds. The van der Waals surface area contributed by atoms with Gasteiger partial charge in [0.15, 0.2) is 0 Å². The van der Waals surface area contributed by atoms with Crippen LogP contribution in [-0.4, -0.2) is 6.71 Å². The Morgan fingerprint density at radius 3 is 1.55 bits per heavy atom. The molecule has 8 aromatic rings. The molecule has 0 atom stereocenters. The molecular weight excluding hydrogens is 701 g/mol. The van der Waals surface area contributed by atoms with Crippen molar-refractivity contribution in [2.75, 3.05) is 14.7 Å². The van der Waals surface area contributed by atoms with Crippen molar-refractivity contribution in [3.05, 3.63) is 193 Å². The summed E-state index contributed by atoms with van der Waals surface area (Å²) in [5, 5.41) is 2.48. The lowest BCUT2D eigenvalue weighted by Crippen LogP contribution is -2.62. The third-order valence-corrected chi connectivity index (χ3v) is 12.0. The molecule has 0 saturated carbocycles. The third-order valence-electron chi connectivity index (χ3n) is 12.0. The van der Waals surface area contributed by atoms with E-state index in [1.807, 2.05) is 0 Å². The highest BCUT2D eigenvalue weighted by Gasteiger charge is 2.46. The highest BCUT2D eigenvalue weighted by Crippen LogP contribution is 2.50. The first-order chi connectivity index (χ1) is 28.1. The second kappa shape index (κ2) is 13.6. The van der Waals surface area contributed by atoms with Gasteiger partial charge >= 0.3 is 0 Å². The fourth-order valence-electron chi connectivity index (χ4n) is 9.61. The number of para-hydroxylation sites is 5. The first-order valence-corrected chi connectivity index (χ1v) is 20.6. The van der Waals surface area contributed by atoms with Crippen molar-refractivity contribution in [1.29, 1.82) is 0 Å². The predicted molar refractivity (Wildman–Crippen MR) is 250 cm³/mol. The maximum Gasteiger partial charge on any atom is 0.252 e. The molecule has 0 aliphatic carbocycles. The Hall–Kier alpha value is -6.52. The number of hydrogen-bond acceptors (Lipinski definition) is 3. The lowest BCUT2D eigenvalue weighted by Gasteiger charge is -2.47. The predicted octanol–water partition coefficient (Wildman–Crippen LogP) is 13.0. The van der Waals surface area contributed by atoms with E-state index in [1.165, 1.54) is 66.7 Å². The van der Waals surface area contributed by atoms with Crippen LogP contribution in [0.25, 0.3) is 10.8 Å². The van der Waals surface area contributed by atoms with Gasteiger partial charge < -0.3 is 14.7 Å². The van der Waals surface area contributed by atoms with Gasteiger partial charge in [-0.2, -0.15) is 0 Å². The van der Waals surface area contributed by atoms with E-state index in [1.54, 1.807) is 0 Å². The van der Waals surface area contributed by atoms with Crippen LogP contribution in [0.4, 0.5) is 51.2 Å². The van der Waals surface area contributed by atoms with E-state index in [0.29, 0.717) is 0 Å². The standard InChI is InChI=1S/C54H48BN3/c1-53(2,3)42-30-18-19-33-45(42)58-47-35-21-34-46-51(47)55(44-32-20-31-43(52(44)58)54(4,5)6)50-41-29-17-16-28-40(41)48(36-49(50)57(46)39-26-14-9-15-27-39)56(37-22-10-7-11-23-37)38-24-12-8-13-25-38/h7-36H,1-6H3. The molecule has 10 rings (SSSR count). The molecule has 0 saturated heterocycles. The maximum absolute atomic E-state index is 2.61. The molecule has 0 aromatic heterocycles. The van der Waals surface area contributed by atoms with Crippen LogP contribution in [0.2, 0.25) is 0 Å². The Morgan fingerprint density at radius 2 is 0.914 bits per heavy atom. The van der Waals surface area contributed by atoms with Gasteiger partial charge in [0.05, 0.1) is 5.69 Å². The number of rotatable bonds is 5. The van der Waals surface area contributed by atoms with E-state index in [0.717, 1.165) is 22.7 Å². The minimum Gasteiger partial charge on any atom is -0.311 e. The van der Waals surface area contributed by atoms with Crippen LogP contribution in [0.15, 0.2) is 182 Å². The summed E-state index contributed by atoms with van der Waals surface area (Å²) < 4.78 is 0. The summed E-state index contributed by atoms with van der Waals surface area (Å²) in [7, 11) is 0. The molecule has 8 aromatic carbocycles. The molecule has 2 aliphatic heterocycles. The van der Waals surface area contributed by atoms with Crippen molar-refractivity contribution in [2.45, 2.75) is 52.4 Å². The Morgan fingerprint density at radius 1 is 0.414 bits per heavy atom. The zero-order valence-electron chi connectivity index (χ0n) is 34.2.